The highest BCUT2D eigenvalue weighted by Gasteiger charge is 2.29. The summed E-state index contributed by atoms with van der Waals surface area (Å²) in [6, 6.07) is 5.35. The zero-order valence-electron chi connectivity index (χ0n) is 13.0. The molecule has 1 heterocycles. The molecule has 6 heteroatoms. The maximum absolute atomic E-state index is 12.7. The fourth-order valence-electron chi connectivity index (χ4n) is 2.98. The number of sulfonamides is 1. The van der Waals surface area contributed by atoms with E-state index in [1.165, 1.54) is 4.31 Å². The maximum atomic E-state index is 12.7. The molecule has 1 atom stereocenters. The highest BCUT2D eigenvalue weighted by molar-refractivity contribution is 7.89. The number of rotatable bonds is 5. The second kappa shape index (κ2) is 6.34. The van der Waals surface area contributed by atoms with Crippen LogP contribution in [-0.2, 0) is 10.0 Å². The number of hydrogen-bond acceptors (Lipinski definition) is 4. The molecule has 2 rings (SSSR count). The number of benzene rings is 1. The predicted molar refractivity (Wildman–Crippen MR) is 85.7 cm³/mol. The summed E-state index contributed by atoms with van der Waals surface area (Å²) in [5.74, 6) is 0. The molecule has 1 aromatic carbocycles. The average Bonchev–Trinajstić information content (AvgIpc) is 2.88. The Bertz CT molecular complexity index is 601. The van der Waals surface area contributed by atoms with Crippen LogP contribution < -0.4 is 5.73 Å². The van der Waals surface area contributed by atoms with Crippen LogP contribution in [0.1, 0.15) is 25.3 Å². The first-order chi connectivity index (χ1) is 9.86. The van der Waals surface area contributed by atoms with Gasteiger partial charge in [-0.3, -0.25) is 4.90 Å². The van der Waals surface area contributed by atoms with Gasteiger partial charge in [0.15, 0.2) is 0 Å². The van der Waals surface area contributed by atoms with E-state index < -0.39 is 10.0 Å². The molecule has 1 aromatic rings. The molecule has 0 aromatic heterocycles. The first-order valence-electron chi connectivity index (χ1n) is 7.42. The minimum absolute atomic E-state index is 0.311. The fraction of sp³-hybridized carbons (Fsp3) is 0.600. The van der Waals surface area contributed by atoms with Gasteiger partial charge in [0.05, 0.1) is 4.90 Å². The van der Waals surface area contributed by atoms with Crippen molar-refractivity contribution >= 4 is 15.7 Å². The molecule has 0 amide bonds. The van der Waals surface area contributed by atoms with Crippen molar-refractivity contribution in [3.63, 3.8) is 0 Å². The normalized spacial score (nSPS) is 20.3. The largest absolute Gasteiger partial charge is 0.399 e. The van der Waals surface area contributed by atoms with Gasteiger partial charge in [-0.15, -0.1) is 0 Å². The number of nitrogens with two attached hydrogens (primary N) is 1. The highest BCUT2D eigenvalue weighted by atomic mass is 32.2. The summed E-state index contributed by atoms with van der Waals surface area (Å²) in [4.78, 5) is 2.66. The van der Waals surface area contributed by atoms with Crippen molar-refractivity contribution in [3.8, 4) is 0 Å². The highest BCUT2D eigenvalue weighted by Crippen LogP contribution is 2.24. The fourth-order valence-corrected chi connectivity index (χ4v) is 4.44. The third-order valence-corrected chi connectivity index (χ3v) is 6.24. The van der Waals surface area contributed by atoms with Gasteiger partial charge in [0.25, 0.3) is 0 Å². The van der Waals surface area contributed by atoms with Crippen molar-refractivity contribution in [2.75, 3.05) is 32.4 Å². The molecule has 1 aliphatic rings. The van der Waals surface area contributed by atoms with Gasteiger partial charge in [-0.05, 0) is 50.6 Å². The first kappa shape index (κ1) is 16.3. The van der Waals surface area contributed by atoms with Crippen LogP contribution in [0.25, 0.3) is 0 Å². The van der Waals surface area contributed by atoms with Gasteiger partial charge in [-0.1, -0.05) is 13.0 Å². The summed E-state index contributed by atoms with van der Waals surface area (Å²) < 4.78 is 26.9. The number of hydrogen-bond donors (Lipinski definition) is 1. The Morgan fingerprint density at radius 1 is 1.43 bits per heavy atom. The third-order valence-electron chi connectivity index (χ3n) is 4.27. The number of nitrogens with zero attached hydrogens (tertiary/aromatic N) is 2. The van der Waals surface area contributed by atoms with Crippen LogP contribution in [0, 0.1) is 6.92 Å². The zero-order valence-corrected chi connectivity index (χ0v) is 13.9. The lowest BCUT2D eigenvalue weighted by Gasteiger charge is -2.27. The van der Waals surface area contributed by atoms with E-state index in [0.717, 1.165) is 31.5 Å². The molecule has 0 spiro atoms. The van der Waals surface area contributed by atoms with Crippen LogP contribution in [0.5, 0.6) is 0 Å². The number of nitrogen functional groups attached to an aromatic ring is 1. The van der Waals surface area contributed by atoms with Crippen molar-refractivity contribution < 1.29 is 8.42 Å². The molecular weight excluding hydrogens is 286 g/mol. The van der Waals surface area contributed by atoms with Crippen LogP contribution in [0.15, 0.2) is 23.1 Å². The minimum Gasteiger partial charge on any atom is -0.399 e. The summed E-state index contributed by atoms with van der Waals surface area (Å²) in [5.41, 5.74) is 6.95. The van der Waals surface area contributed by atoms with E-state index in [9.17, 15) is 8.42 Å². The lowest BCUT2D eigenvalue weighted by molar-refractivity contribution is 0.237. The van der Waals surface area contributed by atoms with Crippen LogP contribution in [0.3, 0.4) is 0 Å². The zero-order chi connectivity index (χ0) is 15.6. The van der Waals surface area contributed by atoms with Crippen molar-refractivity contribution in [1.82, 2.24) is 9.21 Å². The van der Waals surface area contributed by atoms with Crippen molar-refractivity contribution in [2.24, 2.45) is 0 Å². The van der Waals surface area contributed by atoms with Gasteiger partial charge in [-0.2, -0.15) is 4.31 Å². The summed E-state index contributed by atoms with van der Waals surface area (Å²) in [7, 11) is -1.83. The lowest BCUT2D eigenvalue weighted by atomic mass is 10.2. The van der Waals surface area contributed by atoms with E-state index in [2.05, 4.69) is 11.8 Å². The summed E-state index contributed by atoms with van der Waals surface area (Å²) >= 11 is 0. The van der Waals surface area contributed by atoms with E-state index in [4.69, 9.17) is 5.73 Å². The molecule has 1 aliphatic heterocycles. The Morgan fingerprint density at radius 3 is 2.81 bits per heavy atom. The second-order valence-electron chi connectivity index (χ2n) is 5.74. The molecule has 0 bridgehead atoms. The van der Waals surface area contributed by atoms with E-state index >= 15 is 0 Å². The van der Waals surface area contributed by atoms with Gasteiger partial charge in [0.1, 0.15) is 0 Å². The first-order valence-corrected chi connectivity index (χ1v) is 8.86. The second-order valence-corrected chi connectivity index (χ2v) is 7.75. The predicted octanol–water partition coefficient (Wildman–Crippen LogP) is 1.68. The van der Waals surface area contributed by atoms with E-state index in [-0.39, 0.29) is 0 Å². The molecule has 1 fully saturated rings. The number of likely N-dealkylation sites (N-methyl/N-ethyl adjacent to an activating group) is 2. The Balaban J connectivity index is 2.20. The monoisotopic (exact) mass is 311 g/mol. The standard InChI is InChI=1S/C15H25N3O2S/c1-4-18-9-5-6-14(18)11-17(3)21(19,20)15-10-13(16)8-7-12(15)2/h7-8,10,14H,4-6,9,11,16H2,1-3H3. The molecule has 0 saturated carbocycles. The Labute approximate surface area is 127 Å². The summed E-state index contributed by atoms with van der Waals surface area (Å²) in [6.07, 6.45) is 2.20. The summed E-state index contributed by atoms with van der Waals surface area (Å²) in [6.45, 7) is 6.48. The molecule has 2 N–H and O–H groups in total. The molecular formula is C15H25N3O2S. The van der Waals surface area contributed by atoms with Gasteiger partial charge >= 0.3 is 0 Å². The molecule has 21 heavy (non-hydrogen) atoms. The number of likely N-dealkylation sites (tertiary alicyclic amines) is 1. The van der Waals surface area contributed by atoms with Crippen LogP contribution in [-0.4, -0.2) is 50.3 Å². The molecule has 118 valence electrons. The average molecular weight is 311 g/mol. The van der Waals surface area contributed by atoms with Gasteiger partial charge in [0, 0.05) is 25.3 Å². The smallest absolute Gasteiger partial charge is 0.243 e. The molecule has 0 aliphatic carbocycles. The lowest BCUT2D eigenvalue weighted by Crippen LogP contribution is -2.41. The third kappa shape index (κ3) is 3.39. The Hall–Kier alpha value is -1.11. The SMILES string of the molecule is CCN1CCCC1CN(C)S(=O)(=O)c1cc(N)ccc1C. The number of anilines is 1. The number of aryl methyl sites for hydroxylation is 1. The molecule has 0 radical (unpaired) electrons. The van der Waals surface area contributed by atoms with E-state index in [0.29, 0.717) is 23.2 Å². The van der Waals surface area contributed by atoms with Crippen molar-refractivity contribution in [2.45, 2.75) is 37.6 Å². The van der Waals surface area contributed by atoms with Gasteiger partial charge in [-0.25, -0.2) is 8.42 Å². The topological polar surface area (TPSA) is 66.6 Å². The minimum atomic E-state index is -3.48. The van der Waals surface area contributed by atoms with Crippen LogP contribution in [0.4, 0.5) is 5.69 Å². The molecule has 1 unspecified atom stereocenters. The molecule has 5 nitrogen and oxygen atoms in total. The maximum Gasteiger partial charge on any atom is 0.243 e. The summed E-state index contributed by atoms with van der Waals surface area (Å²) in [5, 5.41) is 0. The van der Waals surface area contributed by atoms with Crippen molar-refractivity contribution in [1.29, 1.82) is 0 Å². The Morgan fingerprint density at radius 2 is 2.14 bits per heavy atom. The Kier molecular flexibility index (Phi) is 4.91. The van der Waals surface area contributed by atoms with Crippen molar-refractivity contribution in [3.05, 3.63) is 23.8 Å². The quantitative estimate of drug-likeness (QED) is 0.840. The van der Waals surface area contributed by atoms with Crippen LogP contribution >= 0.6 is 0 Å². The van der Waals surface area contributed by atoms with Gasteiger partial charge < -0.3 is 5.73 Å². The van der Waals surface area contributed by atoms with Crippen LogP contribution in [0.2, 0.25) is 0 Å². The van der Waals surface area contributed by atoms with E-state index in [1.807, 2.05) is 0 Å². The van der Waals surface area contributed by atoms with E-state index in [1.54, 1.807) is 32.2 Å². The van der Waals surface area contributed by atoms with Gasteiger partial charge in [0.2, 0.25) is 10.0 Å². The molecule has 1 saturated heterocycles.